The summed E-state index contributed by atoms with van der Waals surface area (Å²) in [7, 11) is 0. The summed E-state index contributed by atoms with van der Waals surface area (Å²) in [5.41, 5.74) is -0.162. The van der Waals surface area contributed by atoms with E-state index in [1.165, 1.54) is 0 Å². The number of esters is 2. The van der Waals surface area contributed by atoms with Gasteiger partial charge >= 0.3 is 11.9 Å². The molecule has 22 heavy (non-hydrogen) atoms. The lowest BCUT2D eigenvalue weighted by Gasteiger charge is -2.26. The van der Waals surface area contributed by atoms with Gasteiger partial charge < -0.3 is 9.47 Å². The normalized spacial score (nSPS) is 15.1. The summed E-state index contributed by atoms with van der Waals surface area (Å²) < 4.78 is 10.8. The summed E-state index contributed by atoms with van der Waals surface area (Å²) in [6, 6.07) is 0. The third-order valence-corrected chi connectivity index (χ3v) is 3.27. The average molecular weight is 314 g/mol. The third-order valence-electron chi connectivity index (χ3n) is 3.27. The highest BCUT2D eigenvalue weighted by Crippen LogP contribution is 2.25. The zero-order chi connectivity index (χ0) is 17.6. The van der Waals surface area contributed by atoms with E-state index in [0.29, 0.717) is 26.1 Å². The molecule has 0 saturated carbocycles. The Hall–Kier alpha value is -1.06. The Morgan fingerprint density at radius 3 is 1.18 bits per heavy atom. The molecule has 130 valence electrons. The molecule has 0 radical (unpaired) electrons. The van der Waals surface area contributed by atoms with Crippen molar-refractivity contribution < 1.29 is 19.1 Å². The fourth-order valence-corrected chi connectivity index (χ4v) is 2.02. The molecule has 0 aliphatic heterocycles. The van der Waals surface area contributed by atoms with E-state index in [1.54, 1.807) is 0 Å². The highest BCUT2D eigenvalue weighted by atomic mass is 16.5. The van der Waals surface area contributed by atoms with Crippen LogP contribution in [-0.4, -0.2) is 25.2 Å². The van der Waals surface area contributed by atoms with Gasteiger partial charge in [-0.3, -0.25) is 9.59 Å². The Kier molecular flexibility index (Phi) is 8.13. The lowest BCUT2D eigenvalue weighted by molar-refractivity contribution is -0.164. The minimum absolute atomic E-state index is 0.0809. The second-order valence-corrected chi connectivity index (χ2v) is 8.37. The second-order valence-electron chi connectivity index (χ2n) is 8.37. The Morgan fingerprint density at radius 1 is 0.727 bits per heavy atom. The van der Waals surface area contributed by atoms with Crippen molar-refractivity contribution in [3.63, 3.8) is 0 Å². The third kappa shape index (κ3) is 8.40. The van der Waals surface area contributed by atoms with Crippen LogP contribution in [0.15, 0.2) is 0 Å². The number of hydrogen-bond donors (Lipinski definition) is 0. The van der Waals surface area contributed by atoms with Gasteiger partial charge in [-0.1, -0.05) is 55.4 Å². The summed E-state index contributed by atoms with van der Waals surface area (Å²) in [6.45, 7) is 16.6. The van der Waals surface area contributed by atoms with E-state index in [4.69, 9.17) is 9.47 Å². The summed E-state index contributed by atoms with van der Waals surface area (Å²) in [4.78, 5) is 24.6. The first kappa shape index (κ1) is 20.9. The van der Waals surface area contributed by atoms with E-state index < -0.39 is 11.8 Å². The number of rotatable bonds is 7. The Labute approximate surface area is 135 Å². The van der Waals surface area contributed by atoms with Crippen LogP contribution in [-0.2, 0) is 19.1 Å². The predicted molar refractivity (Wildman–Crippen MR) is 88.4 cm³/mol. The van der Waals surface area contributed by atoms with Crippen molar-refractivity contribution in [1.29, 1.82) is 0 Å². The quantitative estimate of drug-likeness (QED) is 0.660. The first-order chi connectivity index (χ1) is 9.91. The average Bonchev–Trinajstić information content (AvgIpc) is 2.37. The summed E-state index contributed by atoms with van der Waals surface area (Å²) in [5, 5.41) is 0. The van der Waals surface area contributed by atoms with Crippen LogP contribution in [0.3, 0.4) is 0 Å². The maximum Gasteiger partial charge on any atom is 0.309 e. The van der Waals surface area contributed by atoms with Crippen LogP contribution in [0, 0.1) is 22.7 Å². The number of carbonyl (C=O) groups is 2. The van der Waals surface area contributed by atoms with Gasteiger partial charge in [-0.15, -0.1) is 0 Å². The highest BCUT2D eigenvalue weighted by Gasteiger charge is 2.34. The summed E-state index contributed by atoms with van der Waals surface area (Å²) in [6.07, 6.45) is 1.15. The van der Waals surface area contributed by atoms with Crippen molar-refractivity contribution in [2.75, 3.05) is 13.2 Å². The van der Waals surface area contributed by atoms with Gasteiger partial charge in [0.15, 0.2) is 0 Å². The molecule has 0 spiro atoms. The summed E-state index contributed by atoms with van der Waals surface area (Å²) in [5.74, 6) is -1.45. The van der Waals surface area contributed by atoms with Gasteiger partial charge in [0.25, 0.3) is 0 Å². The molecule has 0 unspecified atom stereocenters. The number of hydrogen-bond acceptors (Lipinski definition) is 4. The van der Waals surface area contributed by atoms with Gasteiger partial charge in [0.1, 0.15) is 0 Å². The van der Waals surface area contributed by atoms with Gasteiger partial charge in [0.05, 0.1) is 25.0 Å². The molecule has 2 atom stereocenters. The maximum absolute atomic E-state index is 12.3. The van der Waals surface area contributed by atoms with Gasteiger partial charge in [-0.05, 0) is 23.7 Å². The minimum Gasteiger partial charge on any atom is -0.465 e. The molecule has 0 heterocycles. The molecule has 0 bridgehead atoms. The van der Waals surface area contributed by atoms with E-state index in [-0.39, 0.29) is 22.8 Å². The minimum atomic E-state index is -0.431. The smallest absolute Gasteiger partial charge is 0.309 e. The molecule has 0 aliphatic rings. The van der Waals surface area contributed by atoms with Gasteiger partial charge in [0, 0.05) is 0 Å². The molecule has 0 fully saturated rings. The molecule has 0 N–H and O–H groups in total. The van der Waals surface area contributed by atoms with Crippen molar-refractivity contribution in [3.8, 4) is 0 Å². The Balaban J connectivity index is 4.78. The van der Waals surface area contributed by atoms with Crippen molar-refractivity contribution >= 4 is 11.9 Å². The lowest BCUT2D eigenvalue weighted by atomic mass is 9.87. The molecular weight excluding hydrogens is 280 g/mol. The van der Waals surface area contributed by atoms with Crippen molar-refractivity contribution in [2.24, 2.45) is 22.7 Å². The number of carbonyl (C=O) groups excluding carboxylic acids is 2. The highest BCUT2D eigenvalue weighted by molar-refractivity contribution is 5.82. The molecule has 0 aliphatic carbocycles. The Morgan fingerprint density at radius 2 is 1.00 bits per heavy atom. The van der Waals surface area contributed by atoms with Gasteiger partial charge in [0.2, 0.25) is 0 Å². The van der Waals surface area contributed by atoms with Crippen LogP contribution in [0.5, 0.6) is 0 Å². The van der Waals surface area contributed by atoms with Gasteiger partial charge in [-0.25, -0.2) is 0 Å². The standard InChI is InChI=1S/C18H34O4/c1-9-13(15(19)21-11-17(3,4)5)14(10-2)16(20)22-12-18(6,7)8/h13-14H,9-12H2,1-8H3/t13-,14+. The van der Waals surface area contributed by atoms with Crippen molar-refractivity contribution in [2.45, 2.75) is 68.2 Å². The number of ether oxygens (including phenoxy) is 2. The van der Waals surface area contributed by atoms with Crippen LogP contribution < -0.4 is 0 Å². The molecule has 4 nitrogen and oxygen atoms in total. The van der Waals surface area contributed by atoms with Gasteiger partial charge in [-0.2, -0.15) is 0 Å². The predicted octanol–water partition coefficient (Wildman–Crippen LogP) is 4.22. The molecular formula is C18H34O4. The molecule has 0 saturated heterocycles. The van der Waals surface area contributed by atoms with Crippen LogP contribution in [0.25, 0.3) is 0 Å². The topological polar surface area (TPSA) is 52.6 Å². The first-order valence-corrected chi connectivity index (χ1v) is 8.24. The largest absolute Gasteiger partial charge is 0.465 e. The van der Waals surface area contributed by atoms with E-state index in [0.717, 1.165) is 0 Å². The summed E-state index contributed by atoms with van der Waals surface area (Å²) >= 11 is 0. The van der Waals surface area contributed by atoms with Crippen molar-refractivity contribution in [3.05, 3.63) is 0 Å². The SMILES string of the molecule is CC[C@H](C(=O)OCC(C)(C)C)[C@@H](CC)C(=O)OCC(C)(C)C. The fraction of sp³-hybridized carbons (Fsp3) is 0.889. The van der Waals surface area contributed by atoms with Crippen LogP contribution in [0.4, 0.5) is 0 Å². The molecule has 4 heteroatoms. The Bertz CT molecular complexity index is 324. The maximum atomic E-state index is 12.3. The molecule has 0 aromatic rings. The van der Waals surface area contributed by atoms with Crippen LogP contribution in [0.1, 0.15) is 68.2 Å². The van der Waals surface area contributed by atoms with Crippen LogP contribution in [0.2, 0.25) is 0 Å². The van der Waals surface area contributed by atoms with E-state index in [2.05, 4.69) is 0 Å². The zero-order valence-corrected chi connectivity index (χ0v) is 15.6. The molecule has 0 aromatic heterocycles. The monoisotopic (exact) mass is 314 g/mol. The molecule has 0 rings (SSSR count). The van der Waals surface area contributed by atoms with E-state index in [9.17, 15) is 9.59 Å². The van der Waals surface area contributed by atoms with Crippen molar-refractivity contribution in [1.82, 2.24) is 0 Å². The zero-order valence-electron chi connectivity index (χ0n) is 15.6. The second kappa shape index (κ2) is 8.54. The molecule has 0 amide bonds. The molecule has 0 aromatic carbocycles. The van der Waals surface area contributed by atoms with Crippen LogP contribution >= 0.6 is 0 Å². The van der Waals surface area contributed by atoms with E-state index in [1.807, 2.05) is 55.4 Å². The first-order valence-electron chi connectivity index (χ1n) is 8.24. The fourth-order valence-electron chi connectivity index (χ4n) is 2.02. The van der Waals surface area contributed by atoms with E-state index >= 15 is 0 Å². The lowest BCUT2D eigenvalue weighted by Crippen LogP contribution is -2.34.